The third-order valence-corrected chi connectivity index (χ3v) is 5.83. The Labute approximate surface area is 178 Å². The quantitative estimate of drug-likeness (QED) is 0.722. The Hall–Kier alpha value is -2.83. The molecule has 1 aromatic carbocycles. The molecular weight excluding hydrogens is 378 g/mol. The van der Waals surface area contributed by atoms with Crippen LogP contribution in [0.5, 0.6) is 5.75 Å². The molecule has 1 aromatic heterocycles. The number of ether oxygens (including phenoxy) is 1. The lowest BCUT2D eigenvalue weighted by atomic mass is 10.1. The molecule has 2 heterocycles. The first-order valence-electron chi connectivity index (χ1n) is 10.8. The summed E-state index contributed by atoms with van der Waals surface area (Å²) in [5, 5.41) is 2.90. The molecule has 1 saturated carbocycles. The van der Waals surface area contributed by atoms with Crippen LogP contribution in [0.2, 0.25) is 0 Å². The van der Waals surface area contributed by atoms with Crippen molar-refractivity contribution in [3.05, 3.63) is 42.2 Å². The third-order valence-electron chi connectivity index (χ3n) is 5.83. The number of anilines is 2. The van der Waals surface area contributed by atoms with Crippen molar-refractivity contribution >= 4 is 17.5 Å². The minimum atomic E-state index is -0.0273. The Morgan fingerprint density at radius 2 is 2.03 bits per heavy atom. The number of nitrogens with zero attached hydrogens (tertiary/aromatic N) is 4. The summed E-state index contributed by atoms with van der Waals surface area (Å²) in [4.78, 5) is 24.7. The van der Waals surface area contributed by atoms with Gasteiger partial charge in [-0.15, -0.1) is 0 Å². The zero-order chi connectivity index (χ0) is 21.1. The second kappa shape index (κ2) is 8.90. The molecular formula is C23H31N5O2. The van der Waals surface area contributed by atoms with Crippen molar-refractivity contribution in [3.8, 4) is 5.75 Å². The summed E-state index contributed by atoms with van der Waals surface area (Å²) in [6.45, 7) is 6.31. The highest BCUT2D eigenvalue weighted by Crippen LogP contribution is 2.31. The number of carbonyl (C=O) groups excluding carboxylic acids is 1. The number of benzene rings is 1. The minimum absolute atomic E-state index is 0.0106. The molecule has 7 heteroatoms. The van der Waals surface area contributed by atoms with Crippen molar-refractivity contribution in [1.29, 1.82) is 0 Å². The summed E-state index contributed by atoms with van der Waals surface area (Å²) in [6, 6.07) is 10.0. The van der Waals surface area contributed by atoms with Gasteiger partial charge in [-0.3, -0.25) is 4.79 Å². The van der Waals surface area contributed by atoms with Crippen molar-refractivity contribution in [1.82, 2.24) is 15.3 Å². The molecule has 1 N–H and O–H groups in total. The first-order valence-corrected chi connectivity index (χ1v) is 10.8. The van der Waals surface area contributed by atoms with E-state index in [1.54, 1.807) is 6.33 Å². The minimum Gasteiger partial charge on any atom is -0.489 e. The molecule has 0 radical (unpaired) electrons. The van der Waals surface area contributed by atoms with E-state index in [-0.39, 0.29) is 18.1 Å². The van der Waals surface area contributed by atoms with Crippen molar-refractivity contribution in [2.75, 3.05) is 36.5 Å². The number of nitrogens with one attached hydrogen (secondary N) is 1. The standard InChI is InChI=1S/C23H31N5O2/c1-16(26-17(2)29)19-6-8-20(9-7-19)30-21-10-11-28(14-21)23-12-22(24-15-25-23)27(3)13-18-4-5-18/h6-9,12,15-16,18,21H,4-5,10-11,13-14H2,1-3H3,(H,26,29)/t16-,21+/m0/s1. The third kappa shape index (κ3) is 5.20. The summed E-state index contributed by atoms with van der Waals surface area (Å²) in [6.07, 6.45) is 5.42. The summed E-state index contributed by atoms with van der Waals surface area (Å²) in [5.74, 6) is 3.60. The molecule has 30 heavy (non-hydrogen) atoms. The molecule has 7 nitrogen and oxygen atoms in total. The summed E-state index contributed by atoms with van der Waals surface area (Å²) in [7, 11) is 2.11. The molecule has 2 fully saturated rings. The molecule has 0 unspecified atom stereocenters. The Balaban J connectivity index is 1.33. The van der Waals surface area contributed by atoms with Crippen molar-refractivity contribution in [3.63, 3.8) is 0 Å². The van der Waals surface area contributed by atoms with E-state index in [1.165, 1.54) is 19.8 Å². The predicted molar refractivity (Wildman–Crippen MR) is 118 cm³/mol. The number of rotatable bonds is 8. The average molecular weight is 410 g/mol. The smallest absolute Gasteiger partial charge is 0.217 e. The molecule has 2 atom stereocenters. The van der Waals surface area contributed by atoms with Crippen molar-refractivity contribution in [2.24, 2.45) is 5.92 Å². The largest absolute Gasteiger partial charge is 0.489 e. The van der Waals surface area contributed by atoms with Gasteiger partial charge in [0.15, 0.2) is 0 Å². The van der Waals surface area contributed by atoms with Crippen LogP contribution in [0, 0.1) is 5.92 Å². The van der Waals surface area contributed by atoms with Crippen LogP contribution in [0.4, 0.5) is 11.6 Å². The zero-order valence-electron chi connectivity index (χ0n) is 18.0. The Morgan fingerprint density at radius 3 is 2.73 bits per heavy atom. The lowest BCUT2D eigenvalue weighted by Crippen LogP contribution is -2.26. The van der Waals surface area contributed by atoms with Gasteiger partial charge in [0.1, 0.15) is 29.8 Å². The highest BCUT2D eigenvalue weighted by molar-refractivity contribution is 5.73. The first kappa shape index (κ1) is 20.4. The number of hydrogen-bond acceptors (Lipinski definition) is 6. The van der Waals surface area contributed by atoms with E-state index in [9.17, 15) is 4.79 Å². The second-order valence-corrected chi connectivity index (χ2v) is 8.52. The number of carbonyl (C=O) groups is 1. The molecule has 1 saturated heterocycles. The highest BCUT2D eigenvalue weighted by Gasteiger charge is 2.27. The average Bonchev–Trinajstić information content (AvgIpc) is 3.42. The number of hydrogen-bond donors (Lipinski definition) is 1. The van der Waals surface area contributed by atoms with Crippen LogP contribution in [-0.2, 0) is 4.79 Å². The van der Waals surface area contributed by atoms with Gasteiger partial charge in [-0.1, -0.05) is 12.1 Å². The van der Waals surface area contributed by atoms with Crippen LogP contribution in [0.15, 0.2) is 36.7 Å². The lowest BCUT2D eigenvalue weighted by molar-refractivity contribution is -0.119. The number of amides is 1. The predicted octanol–water partition coefficient (Wildman–Crippen LogP) is 3.18. The van der Waals surface area contributed by atoms with E-state index < -0.39 is 0 Å². The topological polar surface area (TPSA) is 70.6 Å². The van der Waals surface area contributed by atoms with Crippen LogP contribution >= 0.6 is 0 Å². The van der Waals surface area contributed by atoms with Crippen LogP contribution in [0.25, 0.3) is 0 Å². The normalized spacial score (nSPS) is 19.4. The summed E-state index contributed by atoms with van der Waals surface area (Å²) < 4.78 is 6.20. The molecule has 4 rings (SSSR count). The van der Waals surface area contributed by atoms with Gasteiger partial charge in [-0.2, -0.15) is 0 Å². The zero-order valence-corrected chi connectivity index (χ0v) is 18.0. The van der Waals surface area contributed by atoms with Gasteiger partial charge in [0.25, 0.3) is 0 Å². The monoisotopic (exact) mass is 409 g/mol. The maximum atomic E-state index is 11.2. The fourth-order valence-electron chi connectivity index (χ4n) is 3.95. The Bertz CT molecular complexity index is 868. The Morgan fingerprint density at radius 1 is 1.27 bits per heavy atom. The van der Waals surface area contributed by atoms with Crippen LogP contribution in [0.3, 0.4) is 0 Å². The highest BCUT2D eigenvalue weighted by atomic mass is 16.5. The maximum absolute atomic E-state index is 11.2. The lowest BCUT2D eigenvalue weighted by Gasteiger charge is -2.22. The van der Waals surface area contributed by atoms with Gasteiger partial charge < -0.3 is 19.9 Å². The van der Waals surface area contributed by atoms with Crippen LogP contribution < -0.4 is 19.9 Å². The molecule has 1 aliphatic heterocycles. The van der Waals surface area contributed by atoms with Gasteiger partial charge in [0.2, 0.25) is 5.91 Å². The first-order chi connectivity index (χ1) is 14.5. The van der Waals surface area contributed by atoms with Gasteiger partial charge in [-0.05, 0) is 43.4 Å². The molecule has 2 aliphatic rings. The Kier molecular flexibility index (Phi) is 6.06. The molecule has 0 bridgehead atoms. The fourth-order valence-corrected chi connectivity index (χ4v) is 3.95. The molecule has 0 spiro atoms. The van der Waals surface area contributed by atoms with E-state index in [0.717, 1.165) is 54.9 Å². The van der Waals surface area contributed by atoms with Crippen molar-refractivity contribution in [2.45, 2.75) is 45.3 Å². The summed E-state index contributed by atoms with van der Waals surface area (Å²) >= 11 is 0. The van der Waals surface area contributed by atoms with Gasteiger partial charge in [0, 0.05) is 39.5 Å². The summed E-state index contributed by atoms with van der Waals surface area (Å²) in [5.41, 5.74) is 1.06. The maximum Gasteiger partial charge on any atom is 0.217 e. The second-order valence-electron chi connectivity index (χ2n) is 8.52. The van der Waals surface area contributed by atoms with E-state index in [0.29, 0.717) is 0 Å². The van der Waals surface area contributed by atoms with Gasteiger partial charge in [0.05, 0.1) is 12.6 Å². The molecule has 1 aliphatic carbocycles. The van der Waals surface area contributed by atoms with Gasteiger partial charge in [-0.25, -0.2) is 9.97 Å². The number of aromatic nitrogens is 2. The van der Waals surface area contributed by atoms with E-state index in [2.05, 4.69) is 38.2 Å². The molecule has 1 amide bonds. The SMILES string of the molecule is CC(=O)N[C@@H](C)c1ccc(O[C@@H]2CCN(c3cc(N(C)CC4CC4)ncn3)C2)cc1. The molecule has 160 valence electrons. The van der Waals surface area contributed by atoms with Crippen molar-refractivity contribution < 1.29 is 9.53 Å². The van der Waals surface area contributed by atoms with E-state index in [4.69, 9.17) is 4.74 Å². The van der Waals surface area contributed by atoms with Crippen LogP contribution in [0.1, 0.15) is 44.7 Å². The van der Waals surface area contributed by atoms with Crippen LogP contribution in [-0.4, -0.2) is 48.7 Å². The fraction of sp³-hybridized carbons (Fsp3) is 0.522. The van der Waals surface area contributed by atoms with E-state index >= 15 is 0 Å². The molecule has 2 aromatic rings. The van der Waals surface area contributed by atoms with Gasteiger partial charge >= 0.3 is 0 Å². The van der Waals surface area contributed by atoms with E-state index in [1.807, 2.05) is 31.2 Å².